The van der Waals surface area contributed by atoms with Crippen molar-refractivity contribution in [2.75, 3.05) is 11.4 Å². The van der Waals surface area contributed by atoms with Crippen molar-refractivity contribution in [2.24, 2.45) is 11.7 Å². The van der Waals surface area contributed by atoms with Crippen LogP contribution in [-0.4, -0.2) is 29.3 Å². The summed E-state index contributed by atoms with van der Waals surface area (Å²) in [6.07, 6.45) is 2.91. The number of rotatable bonds is 2. The molecular weight excluding hydrogens is 254 g/mol. The molecule has 1 aliphatic rings. The number of ether oxygens (including phenoxy) is 1. The minimum Gasteiger partial charge on any atom is -0.460 e. The Kier molecular flexibility index (Phi) is 4.28. The molecule has 2 N–H and O–H groups in total. The van der Waals surface area contributed by atoms with Crippen molar-refractivity contribution in [3.05, 3.63) is 24.4 Å². The van der Waals surface area contributed by atoms with Crippen LogP contribution in [-0.2, 0) is 9.53 Å². The molecule has 1 aliphatic heterocycles. The van der Waals surface area contributed by atoms with E-state index >= 15 is 0 Å². The zero-order valence-electron chi connectivity index (χ0n) is 12.4. The van der Waals surface area contributed by atoms with Crippen molar-refractivity contribution in [1.29, 1.82) is 0 Å². The predicted molar refractivity (Wildman–Crippen MR) is 78.1 cm³/mol. The normalized spacial score (nSPS) is 23.5. The summed E-state index contributed by atoms with van der Waals surface area (Å²) >= 11 is 0. The summed E-state index contributed by atoms with van der Waals surface area (Å²) < 4.78 is 5.44. The van der Waals surface area contributed by atoms with Crippen LogP contribution in [0.2, 0.25) is 0 Å². The lowest BCUT2D eigenvalue weighted by Crippen LogP contribution is -2.50. The van der Waals surface area contributed by atoms with Crippen LogP contribution in [0.1, 0.15) is 33.6 Å². The largest absolute Gasteiger partial charge is 0.460 e. The molecule has 0 amide bonds. The van der Waals surface area contributed by atoms with Crippen molar-refractivity contribution in [1.82, 2.24) is 4.98 Å². The second-order valence-electron chi connectivity index (χ2n) is 6.20. The first-order valence-electron chi connectivity index (χ1n) is 7.03. The maximum Gasteiger partial charge on any atom is 0.309 e. The summed E-state index contributed by atoms with van der Waals surface area (Å²) in [7, 11) is 0. The first-order chi connectivity index (χ1) is 9.37. The number of nitrogens with zero attached hydrogens (tertiary/aromatic N) is 2. The number of nitrogens with two attached hydrogens (primary N) is 1. The Morgan fingerprint density at radius 2 is 2.20 bits per heavy atom. The lowest BCUT2D eigenvalue weighted by atomic mass is 9.94. The molecule has 2 heterocycles. The summed E-state index contributed by atoms with van der Waals surface area (Å²) in [5.74, 6) is 0.598. The van der Waals surface area contributed by atoms with Gasteiger partial charge in [-0.1, -0.05) is 6.07 Å². The lowest BCUT2D eigenvalue weighted by Gasteiger charge is -2.37. The molecule has 0 aromatic carbocycles. The minimum atomic E-state index is -0.445. The van der Waals surface area contributed by atoms with Crippen LogP contribution in [0.25, 0.3) is 0 Å². The standard InChI is InChI=1S/C15H23N3O2/c1-15(2,3)20-14(19)11-7-9-18(12(16)10-11)13-6-4-5-8-17-13/h4-6,8,11-12H,7,9-10,16H2,1-3H3/t11-,12-/m0/s1. The molecule has 0 unspecified atom stereocenters. The number of anilines is 1. The number of carbonyl (C=O) groups excluding carboxylic acids is 1. The second kappa shape index (κ2) is 5.79. The zero-order valence-corrected chi connectivity index (χ0v) is 12.4. The van der Waals surface area contributed by atoms with Gasteiger partial charge in [0.2, 0.25) is 0 Å². The van der Waals surface area contributed by atoms with Gasteiger partial charge in [-0.3, -0.25) is 4.79 Å². The van der Waals surface area contributed by atoms with E-state index in [-0.39, 0.29) is 18.1 Å². The average Bonchev–Trinajstić information content (AvgIpc) is 2.37. The Hall–Kier alpha value is -1.62. The highest BCUT2D eigenvalue weighted by atomic mass is 16.6. The van der Waals surface area contributed by atoms with Gasteiger partial charge in [-0.25, -0.2) is 4.98 Å². The highest BCUT2D eigenvalue weighted by Crippen LogP contribution is 2.26. The van der Waals surface area contributed by atoms with Gasteiger partial charge in [0.15, 0.2) is 0 Å². The smallest absolute Gasteiger partial charge is 0.309 e. The van der Waals surface area contributed by atoms with Crippen LogP contribution in [0.4, 0.5) is 5.82 Å². The predicted octanol–water partition coefficient (Wildman–Crippen LogP) is 1.92. The molecule has 1 saturated heterocycles. The number of piperidine rings is 1. The van der Waals surface area contributed by atoms with E-state index in [0.29, 0.717) is 6.42 Å². The molecular formula is C15H23N3O2. The van der Waals surface area contributed by atoms with Gasteiger partial charge in [-0.15, -0.1) is 0 Å². The molecule has 0 bridgehead atoms. The third-order valence-electron chi connectivity index (χ3n) is 3.33. The molecule has 0 spiro atoms. The van der Waals surface area contributed by atoms with Gasteiger partial charge in [0.05, 0.1) is 12.1 Å². The topological polar surface area (TPSA) is 68.5 Å². The lowest BCUT2D eigenvalue weighted by molar-refractivity contribution is -0.161. The van der Waals surface area contributed by atoms with Gasteiger partial charge in [-0.2, -0.15) is 0 Å². The maximum absolute atomic E-state index is 12.1. The van der Waals surface area contributed by atoms with Crippen LogP contribution < -0.4 is 10.6 Å². The highest BCUT2D eigenvalue weighted by molar-refractivity contribution is 5.73. The van der Waals surface area contributed by atoms with Crippen molar-refractivity contribution in [3.8, 4) is 0 Å². The van der Waals surface area contributed by atoms with E-state index in [9.17, 15) is 4.79 Å². The Balaban J connectivity index is 1.97. The summed E-state index contributed by atoms with van der Waals surface area (Å²) in [5.41, 5.74) is 5.74. The minimum absolute atomic E-state index is 0.121. The van der Waals surface area contributed by atoms with Crippen LogP contribution in [0.5, 0.6) is 0 Å². The molecule has 110 valence electrons. The molecule has 20 heavy (non-hydrogen) atoms. The summed E-state index contributed by atoms with van der Waals surface area (Å²) in [6.45, 7) is 6.37. The third-order valence-corrected chi connectivity index (χ3v) is 3.33. The van der Waals surface area contributed by atoms with E-state index < -0.39 is 5.60 Å². The molecule has 0 aliphatic carbocycles. The van der Waals surface area contributed by atoms with E-state index in [1.807, 2.05) is 43.9 Å². The summed E-state index contributed by atoms with van der Waals surface area (Å²) in [4.78, 5) is 18.4. The molecule has 5 heteroatoms. The van der Waals surface area contributed by atoms with Crippen LogP contribution in [0, 0.1) is 5.92 Å². The Bertz CT molecular complexity index is 456. The van der Waals surface area contributed by atoms with Crippen LogP contribution in [0.15, 0.2) is 24.4 Å². The van der Waals surface area contributed by atoms with Gasteiger partial charge in [0.1, 0.15) is 11.4 Å². The van der Waals surface area contributed by atoms with E-state index in [0.717, 1.165) is 18.8 Å². The zero-order chi connectivity index (χ0) is 14.8. The van der Waals surface area contributed by atoms with Gasteiger partial charge in [-0.05, 0) is 45.7 Å². The Morgan fingerprint density at radius 3 is 2.75 bits per heavy atom. The van der Waals surface area contributed by atoms with Crippen LogP contribution >= 0.6 is 0 Å². The highest BCUT2D eigenvalue weighted by Gasteiger charge is 2.33. The molecule has 2 rings (SSSR count). The fourth-order valence-electron chi connectivity index (χ4n) is 2.40. The van der Waals surface area contributed by atoms with Gasteiger partial charge in [0.25, 0.3) is 0 Å². The number of hydrogen-bond donors (Lipinski definition) is 1. The molecule has 5 nitrogen and oxygen atoms in total. The van der Waals surface area contributed by atoms with Gasteiger partial charge >= 0.3 is 5.97 Å². The van der Waals surface area contributed by atoms with Crippen molar-refractivity contribution in [3.63, 3.8) is 0 Å². The first-order valence-corrected chi connectivity index (χ1v) is 7.03. The average molecular weight is 277 g/mol. The molecule has 2 atom stereocenters. The third kappa shape index (κ3) is 3.70. The van der Waals surface area contributed by atoms with E-state index in [1.165, 1.54) is 0 Å². The number of pyridine rings is 1. The number of hydrogen-bond acceptors (Lipinski definition) is 5. The van der Waals surface area contributed by atoms with E-state index in [1.54, 1.807) is 6.20 Å². The molecule has 0 saturated carbocycles. The van der Waals surface area contributed by atoms with E-state index in [2.05, 4.69) is 4.98 Å². The van der Waals surface area contributed by atoms with Gasteiger partial charge < -0.3 is 15.4 Å². The van der Waals surface area contributed by atoms with Crippen molar-refractivity contribution >= 4 is 11.8 Å². The molecule has 1 aromatic rings. The molecule has 0 radical (unpaired) electrons. The second-order valence-corrected chi connectivity index (χ2v) is 6.20. The fourth-order valence-corrected chi connectivity index (χ4v) is 2.40. The number of esters is 1. The summed E-state index contributed by atoms with van der Waals surface area (Å²) in [6, 6.07) is 5.76. The first kappa shape index (κ1) is 14.8. The van der Waals surface area contributed by atoms with Crippen molar-refractivity contribution in [2.45, 2.75) is 45.4 Å². The Labute approximate surface area is 120 Å². The van der Waals surface area contributed by atoms with Crippen molar-refractivity contribution < 1.29 is 9.53 Å². The molecule has 1 aromatic heterocycles. The maximum atomic E-state index is 12.1. The van der Waals surface area contributed by atoms with Crippen LogP contribution in [0.3, 0.4) is 0 Å². The molecule has 1 fully saturated rings. The SMILES string of the molecule is CC(C)(C)OC(=O)[C@H]1CCN(c2ccccn2)[C@H](N)C1. The van der Waals surface area contributed by atoms with E-state index in [4.69, 9.17) is 10.5 Å². The van der Waals surface area contributed by atoms with Gasteiger partial charge in [0, 0.05) is 12.7 Å². The fraction of sp³-hybridized carbons (Fsp3) is 0.600. The quantitative estimate of drug-likeness (QED) is 0.836. The summed E-state index contributed by atoms with van der Waals surface area (Å²) in [5, 5.41) is 0. The Morgan fingerprint density at radius 1 is 1.45 bits per heavy atom. The number of aromatic nitrogens is 1. The monoisotopic (exact) mass is 277 g/mol. The number of carbonyl (C=O) groups is 1.